The molecule has 1 saturated carbocycles. The van der Waals surface area contributed by atoms with Crippen LogP contribution in [0.2, 0.25) is 0 Å². The SMILES string of the molecule is CC(N)CCCCOC1CCCC(C)C1. The molecule has 2 N–H and O–H groups in total. The average Bonchev–Trinajstić information content (AvgIpc) is 2.17. The molecular formula is C13H27NO. The zero-order valence-corrected chi connectivity index (χ0v) is 10.4. The topological polar surface area (TPSA) is 35.2 Å². The molecule has 0 aliphatic heterocycles. The third-order valence-corrected chi connectivity index (χ3v) is 3.30. The van der Waals surface area contributed by atoms with E-state index >= 15 is 0 Å². The molecule has 1 aliphatic rings. The predicted molar refractivity (Wildman–Crippen MR) is 64.9 cm³/mol. The Morgan fingerprint density at radius 2 is 2.13 bits per heavy atom. The monoisotopic (exact) mass is 213 g/mol. The summed E-state index contributed by atoms with van der Waals surface area (Å²) < 4.78 is 5.89. The Hall–Kier alpha value is -0.0800. The van der Waals surface area contributed by atoms with Crippen LogP contribution in [0.1, 0.15) is 58.8 Å². The summed E-state index contributed by atoms with van der Waals surface area (Å²) in [7, 11) is 0. The van der Waals surface area contributed by atoms with Crippen LogP contribution in [0.5, 0.6) is 0 Å². The molecule has 2 nitrogen and oxygen atoms in total. The number of hydrogen-bond acceptors (Lipinski definition) is 2. The van der Waals surface area contributed by atoms with E-state index in [-0.39, 0.29) is 0 Å². The lowest BCUT2D eigenvalue weighted by molar-refractivity contribution is 0.0136. The average molecular weight is 213 g/mol. The van der Waals surface area contributed by atoms with Crippen LogP contribution in [-0.2, 0) is 4.74 Å². The van der Waals surface area contributed by atoms with Gasteiger partial charge in [0.15, 0.2) is 0 Å². The molecule has 0 heterocycles. The van der Waals surface area contributed by atoms with Crippen molar-refractivity contribution < 1.29 is 4.74 Å². The molecule has 90 valence electrons. The van der Waals surface area contributed by atoms with Crippen LogP contribution in [0.3, 0.4) is 0 Å². The van der Waals surface area contributed by atoms with Gasteiger partial charge in [0.25, 0.3) is 0 Å². The van der Waals surface area contributed by atoms with Gasteiger partial charge < -0.3 is 10.5 Å². The molecule has 1 fully saturated rings. The quantitative estimate of drug-likeness (QED) is 0.688. The molecule has 0 radical (unpaired) electrons. The van der Waals surface area contributed by atoms with Crippen LogP contribution in [0.4, 0.5) is 0 Å². The van der Waals surface area contributed by atoms with Crippen molar-refractivity contribution in [2.24, 2.45) is 11.7 Å². The van der Waals surface area contributed by atoms with Gasteiger partial charge in [0, 0.05) is 12.6 Å². The molecule has 0 amide bonds. The predicted octanol–water partition coefficient (Wildman–Crippen LogP) is 3.10. The fraction of sp³-hybridized carbons (Fsp3) is 1.00. The number of unbranched alkanes of at least 4 members (excludes halogenated alkanes) is 1. The Kier molecular flexibility index (Phi) is 6.26. The molecule has 1 aliphatic carbocycles. The first-order valence-electron chi connectivity index (χ1n) is 6.55. The highest BCUT2D eigenvalue weighted by molar-refractivity contribution is 4.70. The van der Waals surface area contributed by atoms with Gasteiger partial charge in [0.05, 0.1) is 6.10 Å². The van der Waals surface area contributed by atoms with E-state index in [0.717, 1.165) is 18.9 Å². The maximum Gasteiger partial charge on any atom is 0.0577 e. The Labute approximate surface area is 94.6 Å². The molecule has 0 aromatic heterocycles. The second-order valence-corrected chi connectivity index (χ2v) is 5.24. The first kappa shape index (κ1) is 13.0. The summed E-state index contributed by atoms with van der Waals surface area (Å²) in [6, 6.07) is 0.347. The molecule has 0 bridgehead atoms. The zero-order chi connectivity index (χ0) is 11.1. The van der Waals surface area contributed by atoms with Gasteiger partial charge in [-0.15, -0.1) is 0 Å². The first-order chi connectivity index (χ1) is 7.18. The minimum atomic E-state index is 0.347. The minimum Gasteiger partial charge on any atom is -0.378 e. The summed E-state index contributed by atoms with van der Waals surface area (Å²) in [6.07, 6.45) is 9.35. The molecule has 0 aromatic carbocycles. The second kappa shape index (κ2) is 7.24. The van der Waals surface area contributed by atoms with Crippen LogP contribution >= 0.6 is 0 Å². The van der Waals surface area contributed by atoms with Gasteiger partial charge in [0.1, 0.15) is 0 Å². The van der Waals surface area contributed by atoms with Gasteiger partial charge in [-0.2, -0.15) is 0 Å². The highest BCUT2D eigenvalue weighted by Gasteiger charge is 2.18. The summed E-state index contributed by atoms with van der Waals surface area (Å²) in [6.45, 7) is 5.35. The van der Waals surface area contributed by atoms with E-state index < -0.39 is 0 Å². The lowest BCUT2D eigenvalue weighted by atomic mass is 9.89. The molecule has 3 unspecified atom stereocenters. The molecule has 2 heteroatoms. The highest BCUT2D eigenvalue weighted by atomic mass is 16.5. The van der Waals surface area contributed by atoms with E-state index in [4.69, 9.17) is 10.5 Å². The van der Waals surface area contributed by atoms with E-state index in [1.165, 1.54) is 38.5 Å². The number of nitrogens with two attached hydrogens (primary N) is 1. The maximum absolute atomic E-state index is 5.89. The normalized spacial score (nSPS) is 29.0. The van der Waals surface area contributed by atoms with Crippen molar-refractivity contribution in [1.29, 1.82) is 0 Å². The minimum absolute atomic E-state index is 0.347. The smallest absolute Gasteiger partial charge is 0.0577 e. The molecule has 0 aromatic rings. The molecule has 15 heavy (non-hydrogen) atoms. The van der Waals surface area contributed by atoms with Crippen molar-refractivity contribution in [2.45, 2.75) is 70.9 Å². The fourth-order valence-corrected chi connectivity index (χ4v) is 2.35. The van der Waals surface area contributed by atoms with Crippen LogP contribution in [-0.4, -0.2) is 18.8 Å². The summed E-state index contributed by atoms with van der Waals surface area (Å²) in [5.41, 5.74) is 5.69. The lowest BCUT2D eigenvalue weighted by Crippen LogP contribution is -2.22. The Morgan fingerprint density at radius 1 is 1.33 bits per heavy atom. The van der Waals surface area contributed by atoms with Crippen LogP contribution < -0.4 is 5.73 Å². The van der Waals surface area contributed by atoms with E-state index in [0.29, 0.717) is 12.1 Å². The number of rotatable bonds is 6. The van der Waals surface area contributed by atoms with Crippen molar-refractivity contribution in [3.63, 3.8) is 0 Å². The van der Waals surface area contributed by atoms with Gasteiger partial charge in [-0.3, -0.25) is 0 Å². The Balaban J connectivity index is 1.95. The lowest BCUT2D eigenvalue weighted by Gasteiger charge is -2.26. The van der Waals surface area contributed by atoms with E-state index in [1.807, 2.05) is 0 Å². The Bertz CT molecular complexity index is 159. The van der Waals surface area contributed by atoms with Crippen LogP contribution in [0.15, 0.2) is 0 Å². The summed E-state index contributed by atoms with van der Waals surface area (Å²) in [4.78, 5) is 0. The van der Waals surface area contributed by atoms with Crippen LogP contribution in [0.25, 0.3) is 0 Å². The van der Waals surface area contributed by atoms with Gasteiger partial charge in [-0.05, 0) is 44.9 Å². The Morgan fingerprint density at radius 3 is 2.80 bits per heavy atom. The van der Waals surface area contributed by atoms with E-state index in [9.17, 15) is 0 Å². The molecule has 0 saturated heterocycles. The fourth-order valence-electron chi connectivity index (χ4n) is 2.35. The number of hydrogen-bond donors (Lipinski definition) is 1. The maximum atomic E-state index is 5.89. The van der Waals surface area contributed by atoms with Crippen molar-refractivity contribution in [1.82, 2.24) is 0 Å². The molecular weight excluding hydrogens is 186 g/mol. The molecule has 3 atom stereocenters. The number of ether oxygens (including phenoxy) is 1. The van der Waals surface area contributed by atoms with E-state index in [1.54, 1.807) is 0 Å². The van der Waals surface area contributed by atoms with Crippen molar-refractivity contribution in [3.8, 4) is 0 Å². The summed E-state index contributed by atoms with van der Waals surface area (Å²) >= 11 is 0. The van der Waals surface area contributed by atoms with Gasteiger partial charge in [-0.1, -0.05) is 19.8 Å². The molecule has 0 spiro atoms. The van der Waals surface area contributed by atoms with Crippen molar-refractivity contribution in [3.05, 3.63) is 0 Å². The third kappa shape index (κ3) is 6.16. The summed E-state index contributed by atoms with van der Waals surface area (Å²) in [5.74, 6) is 0.868. The van der Waals surface area contributed by atoms with Gasteiger partial charge in [0.2, 0.25) is 0 Å². The van der Waals surface area contributed by atoms with E-state index in [2.05, 4.69) is 13.8 Å². The molecule has 1 rings (SSSR count). The first-order valence-corrected chi connectivity index (χ1v) is 6.55. The van der Waals surface area contributed by atoms with Gasteiger partial charge >= 0.3 is 0 Å². The second-order valence-electron chi connectivity index (χ2n) is 5.24. The highest BCUT2D eigenvalue weighted by Crippen LogP contribution is 2.25. The largest absolute Gasteiger partial charge is 0.378 e. The van der Waals surface area contributed by atoms with Crippen LogP contribution in [0, 0.1) is 5.92 Å². The van der Waals surface area contributed by atoms with Crippen molar-refractivity contribution in [2.75, 3.05) is 6.61 Å². The van der Waals surface area contributed by atoms with Gasteiger partial charge in [-0.25, -0.2) is 0 Å². The van der Waals surface area contributed by atoms with Crippen molar-refractivity contribution >= 4 is 0 Å². The third-order valence-electron chi connectivity index (χ3n) is 3.30. The summed E-state index contributed by atoms with van der Waals surface area (Å²) in [5, 5.41) is 0. The standard InChI is InChI=1S/C13H27NO/c1-11-6-5-8-13(10-11)15-9-4-3-7-12(2)14/h11-13H,3-10,14H2,1-2H3. The zero-order valence-electron chi connectivity index (χ0n) is 10.4.